The minimum atomic E-state index is -0.263. The first-order valence-electron chi connectivity index (χ1n) is 6.10. The van der Waals surface area contributed by atoms with E-state index in [-0.39, 0.29) is 5.91 Å². The van der Waals surface area contributed by atoms with Crippen molar-refractivity contribution in [3.63, 3.8) is 0 Å². The number of hydrogen-bond donors (Lipinski definition) is 1. The van der Waals surface area contributed by atoms with Crippen LogP contribution in [0, 0.1) is 0 Å². The second kappa shape index (κ2) is 6.47. The Balaban J connectivity index is 2.04. The molecule has 1 amide bonds. The third kappa shape index (κ3) is 3.41. The number of pyridine rings is 1. The Bertz CT molecular complexity index is 607. The number of rotatable bonds is 4. The third-order valence-corrected chi connectivity index (χ3v) is 2.78. The minimum Gasteiger partial charge on any atom is -0.497 e. The SMILES string of the molecule is COc1ccc(C(=O)N/N=C(/C)c2ccncc2)cc1. The van der Waals surface area contributed by atoms with Crippen molar-refractivity contribution in [2.75, 3.05) is 7.11 Å². The van der Waals surface area contributed by atoms with Gasteiger partial charge in [0.2, 0.25) is 0 Å². The molecule has 0 aliphatic heterocycles. The second-order valence-electron chi connectivity index (χ2n) is 4.10. The lowest BCUT2D eigenvalue weighted by Gasteiger charge is -2.04. The van der Waals surface area contributed by atoms with Gasteiger partial charge in [-0.3, -0.25) is 9.78 Å². The van der Waals surface area contributed by atoms with Gasteiger partial charge in [-0.25, -0.2) is 5.43 Å². The second-order valence-corrected chi connectivity index (χ2v) is 4.10. The van der Waals surface area contributed by atoms with Crippen LogP contribution in [0.15, 0.2) is 53.9 Å². The van der Waals surface area contributed by atoms with Crippen LogP contribution in [-0.2, 0) is 0 Å². The van der Waals surface area contributed by atoms with Gasteiger partial charge in [0.25, 0.3) is 5.91 Å². The molecular weight excluding hydrogens is 254 g/mol. The smallest absolute Gasteiger partial charge is 0.271 e. The first-order chi connectivity index (χ1) is 9.70. The first-order valence-corrected chi connectivity index (χ1v) is 6.10. The van der Waals surface area contributed by atoms with Crippen LogP contribution in [0.5, 0.6) is 5.75 Å². The zero-order valence-electron chi connectivity index (χ0n) is 11.3. The number of aromatic nitrogens is 1. The fourth-order valence-corrected chi connectivity index (χ4v) is 1.60. The van der Waals surface area contributed by atoms with E-state index in [0.29, 0.717) is 17.0 Å². The maximum absolute atomic E-state index is 11.9. The highest BCUT2D eigenvalue weighted by Crippen LogP contribution is 2.11. The summed E-state index contributed by atoms with van der Waals surface area (Å²) in [6, 6.07) is 10.5. The predicted molar refractivity (Wildman–Crippen MR) is 76.9 cm³/mol. The third-order valence-electron chi connectivity index (χ3n) is 2.78. The molecule has 0 fully saturated rings. The molecule has 20 heavy (non-hydrogen) atoms. The molecule has 1 N–H and O–H groups in total. The Hall–Kier alpha value is -2.69. The molecule has 0 bridgehead atoms. The molecule has 0 spiro atoms. The lowest BCUT2D eigenvalue weighted by molar-refractivity contribution is 0.0955. The normalized spacial score (nSPS) is 11.0. The van der Waals surface area contributed by atoms with Crippen molar-refractivity contribution in [3.8, 4) is 5.75 Å². The average Bonchev–Trinajstić information content (AvgIpc) is 2.53. The van der Waals surface area contributed by atoms with Gasteiger partial charge < -0.3 is 4.74 Å². The van der Waals surface area contributed by atoms with Gasteiger partial charge in [0.1, 0.15) is 5.75 Å². The van der Waals surface area contributed by atoms with Crippen LogP contribution in [0.3, 0.4) is 0 Å². The summed E-state index contributed by atoms with van der Waals surface area (Å²) in [5.41, 5.74) is 4.68. The fraction of sp³-hybridized carbons (Fsp3) is 0.133. The van der Waals surface area contributed by atoms with E-state index in [1.54, 1.807) is 43.8 Å². The number of hydrogen-bond acceptors (Lipinski definition) is 4. The number of amides is 1. The summed E-state index contributed by atoms with van der Waals surface area (Å²) in [6.45, 7) is 1.82. The number of nitrogens with zero attached hydrogens (tertiary/aromatic N) is 2. The highest BCUT2D eigenvalue weighted by Gasteiger charge is 2.05. The van der Waals surface area contributed by atoms with Gasteiger partial charge in [-0.2, -0.15) is 5.10 Å². The largest absolute Gasteiger partial charge is 0.497 e. The van der Waals surface area contributed by atoms with Crippen molar-refractivity contribution in [3.05, 3.63) is 59.9 Å². The average molecular weight is 269 g/mol. The van der Waals surface area contributed by atoms with E-state index in [1.807, 2.05) is 19.1 Å². The molecule has 2 rings (SSSR count). The van der Waals surface area contributed by atoms with E-state index in [4.69, 9.17) is 4.74 Å². The van der Waals surface area contributed by atoms with Gasteiger partial charge >= 0.3 is 0 Å². The minimum absolute atomic E-state index is 0.263. The number of ether oxygens (including phenoxy) is 1. The topological polar surface area (TPSA) is 63.6 Å². The molecule has 0 saturated carbocycles. The monoisotopic (exact) mass is 269 g/mol. The van der Waals surface area contributed by atoms with Gasteiger partial charge in [-0.1, -0.05) is 0 Å². The van der Waals surface area contributed by atoms with Gasteiger partial charge in [-0.05, 0) is 43.3 Å². The Morgan fingerprint density at radius 3 is 2.35 bits per heavy atom. The van der Waals surface area contributed by atoms with Crippen LogP contribution in [0.4, 0.5) is 0 Å². The molecule has 5 heteroatoms. The first kappa shape index (κ1) is 13.7. The van der Waals surface area contributed by atoms with Gasteiger partial charge in [0, 0.05) is 23.5 Å². The molecule has 0 aliphatic rings. The molecule has 1 aromatic heterocycles. The predicted octanol–water partition coefficient (Wildman–Crippen LogP) is 2.24. The van der Waals surface area contributed by atoms with Crippen LogP contribution in [0.1, 0.15) is 22.8 Å². The summed E-state index contributed by atoms with van der Waals surface area (Å²) in [7, 11) is 1.58. The molecule has 0 aliphatic carbocycles. The molecule has 102 valence electrons. The molecule has 0 unspecified atom stereocenters. The Labute approximate surface area is 117 Å². The summed E-state index contributed by atoms with van der Waals surface area (Å²) in [5, 5.41) is 4.07. The maximum Gasteiger partial charge on any atom is 0.271 e. The van der Waals surface area contributed by atoms with E-state index in [2.05, 4.69) is 15.5 Å². The summed E-state index contributed by atoms with van der Waals surface area (Å²) in [5.74, 6) is 0.444. The van der Waals surface area contributed by atoms with E-state index < -0.39 is 0 Å². The van der Waals surface area contributed by atoms with Crippen molar-refractivity contribution in [2.24, 2.45) is 5.10 Å². The lowest BCUT2D eigenvalue weighted by Crippen LogP contribution is -2.19. The van der Waals surface area contributed by atoms with Crippen LogP contribution >= 0.6 is 0 Å². The molecule has 0 saturated heterocycles. The number of benzene rings is 1. The molecule has 5 nitrogen and oxygen atoms in total. The zero-order chi connectivity index (χ0) is 14.4. The number of hydrazone groups is 1. The highest BCUT2D eigenvalue weighted by atomic mass is 16.5. The van der Waals surface area contributed by atoms with Crippen molar-refractivity contribution >= 4 is 11.6 Å². The van der Waals surface area contributed by atoms with Crippen LogP contribution in [-0.4, -0.2) is 23.7 Å². The molecule has 2 aromatic rings. The number of carbonyl (C=O) groups is 1. The number of carbonyl (C=O) groups excluding carboxylic acids is 1. The Morgan fingerprint density at radius 2 is 1.75 bits per heavy atom. The summed E-state index contributed by atoms with van der Waals surface area (Å²) >= 11 is 0. The highest BCUT2D eigenvalue weighted by molar-refractivity contribution is 6.00. The zero-order valence-corrected chi connectivity index (χ0v) is 11.3. The molecule has 0 radical (unpaired) electrons. The van der Waals surface area contributed by atoms with Crippen LogP contribution in [0.25, 0.3) is 0 Å². The quantitative estimate of drug-likeness (QED) is 0.684. The Morgan fingerprint density at radius 1 is 1.10 bits per heavy atom. The van der Waals surface area contributed by atoms with Gasteiger partial charge in [0.15, 0.2) is 0 Å². The number of methoxy groups -OCH3 is 1. The number of nitrogens with one attached hydrogen (secondary N) is 1. The molecule has 1 heterocycles. The van der Waals surface area contributed by atoms with E-state index >= 15 is 0 Å². The Kier molecular flexibility index (Phi) is 4.44. The van der Waals surface area contributed by atoms with Crippen molar-refractivity contribution in [2.45, 2.75) is 6.92 Å². The summed E-state index contributed by atoms with van der Waals surface area (Å²) in [4.78, 5) is 15.8. The summed E-state index contributed by atoms with van der Waals surface area (Å²) in [6.07, 6.45) is 3.36. The van der Waals surface area contributed by atoms with Gasteiger partial charge in [-0.15, -0.1) is 0 Å². The van der Waals surface area contributed by atoms with Crippen LogP contribution < -0.4 is 10.2 Å². The van der Waals surface area contributed by atoms with Crippen LogP contribution in [0.2, 0.25) is 0 Å². The molecule has 1 aromatic carbocycles. The molecule has 0 atom stereocenters. The summed E-state index contributed by atoms with van der Waals surface area (Å²) < 4.78 is 5.04. The van der Waals surface area contributed by atoms with E-state index in [9.17, 15) is 4.79 Å². The van der Waals surface area contributed by atoms with Crippen molar-refractivity contribution in [1.29, 1.82) is 0 Å². The van der Waals surface area contributed by atoms with Crippen molar-refractivity contribution in [1.82, 2.24) is 10.4 Å². The fourth-order valence-electron chi connectivity index (χ4n) is 1.60. The van der Waals surface area contributed by atoms with E-state index in [0.717, 1.165) is 5.56 Å². The van der Waals surface area contributed by atoms with Crippen molar-refractivity contribution < 1.29 is 9.53 Å². The maximum atomic E-state index is 11.9. The lowest BCUT2D eigenvalue weighted by atomic mass is 10.2. The van der Waals surface area contributed by atoms with E-state index in [1.165, 1.54) is 0 Å². The standard InChI is InChI=1S/C15H15N3O2/c1-11(12-7-9-16-10-8-12)17-18-15(19)13-3-5-14(20-2)6-4-13/h3-10H,1-2H3,(H,18,19)/b17-11-. The van der Waals surface area contributed by atoms with Gasteiger partial charge in [0.05, 0.1) is 12.8 Å². The molecular formula is C15H15N3O2.